The molecule has 0 bridgehead atoms. The first kappa shape index (κ1) is 24.0. The van der Waals surface area contributed by atoms with E-state index in [4.69, 9.17) is 4.74 Å². The molecular weight excluding hydrogens is 453 g/mol. The lowest BCUT2D eigenvalue weighted by atomic mass is 10.2. The molecule has 0 spiro atoms. The highest BCUT2D eigenvalue weighted by Crippen LogP contribution is 2.71. The summed E-state index contributed by atoms with van der Waals surface area (Å²) in [6, 6.07) is 2.56. The Labute approximate surface area is 191 Å². The second-order valence-electron chi connectivity index (χ2n) is 8.99. The first-order valence-electron chi connectivity index (χ1n) is 11.3. The van der Waals surface area contributed by atoms with E-state index in [0.29, 0.717) is 45.4 Å². The predicted molar refractivity (Wildman–Crippen MR) is 117 cm³/mol. The molecule has 2 heterocycles. The number of hydrogen-bond acceptors (Lipinski definition) is 4. The maximum Gasteiger partial charge on any atom is 0.243 e. The van der Waals surface area contributed by atoms with Crippen molar-refractivity contribution in [3.63, 3.8) is 0 Å². The molecule has 2 fully saturated rings. The minimum absolute atomic E-state index is 0.143. The number of halogens is 2. The van der Waals surface area contributed by atoms with Crippen molar-refractivity contribution in [3.8, 4) is 0 Å². The number of nitrogens with one attached hydrogen (secondary N) is 1. The van der Waals surface area contributed by atoms with Gasteiger partial charge >= 0.3 is 0 Å². The molecule has 1 aliphatic carbocycles. The molecular formula is C23H29F2N2O5P. The molecule has 1 saturated carbocycles. The second kappa shape index (κ2) is 9.65. The molecule has 2 amide bonds. The van der Waals surface area contributed by atoms with E-state index in [1.54, 1.807) is 0 Å². The van der Waals surface area contributed by atoms with Crippen molar-refractivity contribution >= 4 is 19.2 Å². The Hall–Kier alpha value is -2.09. The number of carbonyl (C=O) groups excluding carboxylic acids is 2. The van der Waals surface area contributed by atoms with Crippen molar-refractivity contribution in [2.75, 3.05) is 19.8 Å². The molecule has 33 heavy (non-hydrogen) atoms. The van der Waals surface area contributed by atoms with Crippen LogP contribution >= 0.6 is 7.37 Å². The molecule has 7 nitrogen and oxygen atoms in total. The van der Waals surface area contributed by atoms with Crippen LogP contribution in [0.2, 0.25) is 0 Å². The van der Waals surface area contributed by atoms with E-state index in [0.717, 1.165) is 12.1 Å². The summed E-state index contributed by atoms with van der Waals surface area (Å²) in [6.45, 7) is 1.12. The summed E-state index contributed by atoms with van der Waals surface area (Å²) in [5.74, 6) is -2.80. The summed E-state index contributed by atoms with van der Waals surface area (Å²) < 4.78 is 47.6. The van der Waals surface area contributed by atoms with Crippen LogP contribution in [-0.2, 0) is 25.1 Å². The number of nitrogens with zero attached hydrogens (tertiary/aromatic N) is 1. The summed E-state index contributed by atoms with van der Waals surface area (Å²) in [5, 5.41) is 1.28. The molecule has 2 aliphatic heterocycles. The fourth-order valence-corrected chi connectivity index (χ4v) is 7.42. The Morgan fingerprint density at radius 3 is 2.73 bits per heavy atom. The van der Waals surface area contributed by atoms with Gasteiger partial charge in [-0.25, -0.2) is 8.78 Å². The predicted octanol–water partition coefficient (Wildman–Crippen LogP) is 3.32. The van der Waals surface area contributed by atoms with E-state index >= 15 is 0 Å². The number of carbonyl (C=O) groups is 2. The van der Waals surface area contributed by atoms with Gasteiger partial charge in [-0.15, -0.1) is 0 Å². The van der Waals surface area contributed by atoms with Gasteiger partial charge in [0, 0.05) is 25.1 Å². The lowest BCUT2D eigenvalue weighted by Gasteiger charge is -2.30. The smallest absolute Gasteiger partial charge is 0.243 e. The van der Waals surface area contributed by atoms with Gasteiger partial charge in [0.2, 0.25) is 19.2 Å². The molecule has 0 radical (unpaired) electrons. The molecule has 2 N–H and O–H groups in total. The summed E-state index contributed by atoms with van der Waals surface area (Å²) >= 11 is 0. The fraction of sp³-hybridized carbons (Fsp3) is 0.565. The maximum absolute atomic E-state index is 14.2. The van der Waals surface area contributed by atoms with E-state index in [9.17, 15) is 27.8 Å². The van der Waals surface area contributed by atoms with Crippen LogP contribution in [0, 0.1) is 17.6 Å². The number of allylic oxidation sites excluding steroid dienone is 1. The lowest BCUT2D eigenvalue weighted by Crippen LogP contribution is -2.50. The quantitative estimate of drug-likeness (QED) is 0.509. The van der Waals surface area contributed by atoms with E-state index in [1.165, 1.54) is 11.0 Å². The van der Waals surface area contributed by atoms with Crippen molar-refractivity contribution in [2.45, 2.75) is 56.0 Å². The first-order chi connectivity index (χ1) is 15.7. The van der Waals surface area contributed by atoms with Crippen molar-refractivity contribution in [1.82, 2.24) is 10.2 Å². The van der Waals surface area contributed by atoms with Gasteiger partial charge in [0.1, 0.15) is 23.0 Å². The SMILES string of the molecule is O=C1N[C@]2(P(=O)(O)Cc3c(F)cccc3F)C[C@H]2CCOC/C=C/CCC(=O)N2CCC[C@@H]12. The lowest BCUT2D eigenvalue weighted by molar-refractivity contribution is -0.138. The largest absolute Gasteiger partial charge is 0.377 e. The Morgan fingerprint density at radius 1 is 1.21 bits per heavy atom. The molecule has 180 valence electrons. The van der Waals surface area contributed by atoms with Crippen molar-refractivity contribution in [1.29, 1.82) is 0 Å². The van der Waals surface area contributed by atoms with Crippen molar-refractivity contribution in [2.24, 2.45) is 5.92 Å². The van der Waals surface area contributed by atoms with Gasteiger partial charge in [-0.2, -0.15) is 0 Å². The van der Waals surface area contributed by atoms with Crippen LogP contribution in [0.3, 0.4) is 0 Å². The number of rotatable bonds is 3. The van der Waals surface area contributed by atoms with Crippen LogP contribution in [0.4, 0.5) is 8.78 Å². The Balaban J connectivity index is 1.61. The highest BCUT2D eigenvalue weighted by atomic mass is 31.2. The van der Waals surface area contributed by atoms with Crippen LogP contribution in [0.15, 0.2) is 30.4 Å². The van der Waals surface area contributed by atoms with Crippen molar-refractivity contribution in [3.05, 3.63) is 47.5 Å². The van der Waals surface area contributed by atoms with Gasteiger partial charge < -0.3 is 19.8 Å². The summed E-state index contributed by atoms with van der Waals surface area (Å²) in [7, 11) is -4.29. The average Bonchev–Trinajstić information content (AvgIpc) is 3.24. The summed E-state index contributed by atoms with van der Waals surface area (Å²) in [4.78, 5) is 38.5. The average molecular weight is 482 g/mol. The Kier molecular flexibility index (Phi) is 7.03. The normalized spacial score (nSPS) is 31.4. The second-order valence-corrected chi connectivity index (χ2v) is 11.5. The van der Waals surface area contributed by atoms with Crippen LogP contribution in [0.1, 0.15) is 44.1 Å². The molecule has 1 saturated heterocycles. The zero-order valence-electron chi connectivity index (χ0n) is 18.3. The third-order valence-electron chi connectivity index (χ3n) is 6.86. The fourth-order valence-electron chi connectivity index (χ4n) is 4.91. The maximum atomic E-state index is 14.2. The number of fused-ring (bicyclic) bond motifs is 2. The minimum atomic E-state index is -4.29. The van der Waals surface area contributed by atoms with Gasteiger partial charge in [-0.05, 0) is 50.2 Å². The van der Waals surface area contributed by atoms with Crippen LogP contribution in [-0.4, -0.2) is 52.7 Å². The molecule has 4 atom stereocenters. The highest BCUT2D eigenvalue weighted by Gasteiger charge is 2.66. The number of amides is 2. The topological polar surface area (TPSA) is 95.9 Å². The van der Waals surface area contributed by atoms with Crippen LogP contribution in [0.25, 0.3) is 0 Å². The van der Waals surface area contributed by atoms with E-state index in [1.807, 2.05) is 12.2 Å². The van der Waals surface area contributed by atoms with E-state index < -0.39 is 48.0 Å². The van der Waals surface area contributed by atoms with Gasteiger partial charge in [-0.1, -0.05) is 18.2 Å². The van der Waals surface area contributed by atoms with Gasteiger partial charge in [0.05, 0.1) is 12.8 Å². The summed E-state index contributed by atoms with van der Waals surface area (Å²) in [5.41, 5.74) is -0.465. The Morgan fingerprint density at radius 2 is 1.97 bits per heavy atom. The Bertz CT molecular complexity index is 983. The van der Waals surface area contributed by atoms with E-state index in [-0.39, 0.29) is 24.7 Å². The van der Waals surface area contributed by atoms with Gasteiger partial charge in [0.25, 0.3) is 0 Å². The minimum Gasteiger partial charge on any atom is -0.377 e. The number of benzene rings is 1. The van der Waals surface area contributed by atoms with Gasteiger partial charge in [-0.3, -0.25) is 14.2 Å². The highest BCUT2D eigenvalue weighted by molar-refractivity contribution is 7.59. The van der Waals surface area contributed by atoms with Crippen LogP contribution < -0.4 is 5.32 Å². The molecule has 4 rings (SSSR count). The van der Waals surface area contributed by atoms with Crippen LogP contribution in [0.5, 0.6) is 0 Å². The molecule has 0 aromatic heterocycles. The monoisotopic (exact) mass is 482 g/mol. The zero-order chi connectivity index (χ0) is 23.6. The third-order valence-corrected chi connectivity index (χ3v) is 9.51. The summed E-state index contributed by atoms with van der Waals surface area (Å²) in [6.07, 6.45) is 5.55. The molecule has 1 aromatic rings. The standard InChI is InChI=1S/C23H29F2N2O5P/c24-18-6-4-7-19(25)17(18)15-33(30,31)23-14-16(23)10-13-32-12-3-1-2-9-21(28)27-11-5-8-20(27)22(29)26-23/h1,3-4,6-7,16,20H,2,5,8-15H2,(H,26,29)(H,30,31)/b3-1+/t16-,20+,23+/m1/s1. The van der Waals surface area contributed by atoms with Gasteiger partial charge in [0.15, 0.2) is 0 Å². The molecule has 3 aliphatic rings. The molecule has 1 aromatic carbocycles. The number of hydrogen-bond donors (Lipinski definition) is 2. The molecule has 1 unspecified atom stereocenters. The van der Waals surface area contributed by atoms with E-state index in [2.05, 4.69) is 5.32 Å². The third kappa shape index (κ3) is 4.91. The zero-order valence-corrected chi connectivity index (χ0v) is 19.2. The number of ether oxygens (including phenoxy) is 1. The first-order valence-corrected chi connectivity index (χ1v) is 13.2. The van der Waals surface area contributed by atoms with Crippen molar-refractivity contribution < 1.29 is 32.6 Å². The molecule has 10 heteroatoms.